The number of fused-ring (bicyclic) bond motifs is 6. The van der Waals surface area contributed by atoms with Crippen LogP contribution in [0.4, 0.5) is 0 Å². The molecule has 0 atom stereocenters. The lowest BCUT2D eigenvalue weighted by atomic mass is 10.3. The zero-order valence-corrected chi connectivity index (χ0v) is 52.0. The summed E-state index contributed by atoms with van der Waals surface area (Å²) in [5.41, 5.74) is 15.7. The van der Waals surface area contributed by atoms with Crippen molar-refractivity contribution in [2.24, 2.45) is 14.1 Å². The molecule has 0 amide bonds. The molecule has 0 aliphatic heterocycles. The fourth-order valence-electron chi connectivity index (χ4n) is 7.23. The molecule has 0 saturated heterocycles. The minimum absolute atomic E-state index is 0.780. The maximum Gasteiger partial charge on any atom is 0.234 e. The van der Waals surface area contributed by atoms with Gasteiger partial charge < -0.3 is 17.9 Å². The summed E-state index contributed by atoms with van der Waals surface area (Å²) >= 11 is 0. The lowest BCUT2D eigenvalue weighted by Gasteiger charge is -1.93. The third kappa shape index (κ3) is 18.1. The third-order valence-corrected chi connectivity index (χ3v) is 11.8. The fraction of sp³-hybridized carbons (Fsp3) is 0.375. The van der Waals surface area contributed by atoms with Crippen LogP contribution >= 0.6 is 0 Å². The monoisotopic (exact) mass is 1060 g/mol. The molecule has 14 nitrogen and oxygen atoms in total. The summed E-state index contributed by atoms with van der Waals surface area (Å²) in [5, 5.41) is 0. The van der Waals surface area contributed by atoms with Gasteiger partial charge >= 0.3 is 0 Å². The summed E-state index contributed by atoms with van der Waals surface area (Å²) in [6.45, 7) is 44.3. The molecule has 0 N–H and O–H groups in total. The highest BCUT2D eigenvalue weighted by Crippen LogP contribution is 2.15. The first kappa shape index (κ1) is 68.0. The molecule has 12 rings (SSSR count). The van der Waals surface area contributed by atoms with Crippen molar-refractivity contribution < 1.29 is 0 Å². The lowest BCUT2D eigenvalue weighted by Crippen LogP contribution is -1.89. The van der Waals surface area contributed by atoms with E-state index in [1.165, 1.54) is 22.4 Å². The van der Waals surface area contributed by atoms with Gasteiger partial charge in [0, 0.05) is 74.1 Å². The minimum atomic E-state index is 0.780. The molecule has 0 radical (unpaired) electrons. The number of aryl methyl sites for hydroxylation is 12. The van der Waals surface area contributed by atoms with Gasteiger partial charge in [-0.3, -0.25) is 8.80 Å². The maximum absolute atomic E-state index is 4.38. The smallest absolute Gasteiger partial charge is 0.234 e. The highest BCUT2D eigenvalue weighted by Gasteiger charge is 2.05. The van der Waals surface area contributed by atoms with Gasteiger partial charge in [-0.15, -0.1) is 0 Å². The molecule has 78 heavy (non-hydrogen) atoms. The van der Waals surface area contributed by atoms with E-state index in [9.17, 15) is 0 Å². The van der Waals surface area contributed by atoms with Gasteiger partial charge in [0.15, 0.2) is 0 Å². The SMILES string of the molecule is CC.CC.CC.CC.CC.CC.Cc1nc2ccccc2n1C.Cc1nc2ccccc2n1C.Cc1nc2ccccn2c1C.Cc1nc2ccccn2c1C.Cc1nc2ncccn2c1C.Cc1nc2ncccn2c1C. The quantitative estimate of drug-likeness (QED) is 0.147. The fourth-order valence-corrected chi connectivity index (χ4v) is 7.23. The summed E-state index contributed by atoms with van der Waals surface area (Å²) in [6, 6.07) is 32.2. The number of imidazole rings is 6. The summed E-state index contributed by atoms with van der Waals surface area (Å²) in [6.07, 6.45) is 11.5. The Kier molecular flexibility index (Phi) is 31.5. The van der Waals surface area contributed by atoms with Crippen molar-refractivity contribution in [1.82, 2.24) is 66.6 Å². The third-order valence-electron chi connectivity index (χ3n) is 11.8. The summed E-state index contributed by atoms with van der Waals surface area (Å²) in [5.74, 6) is 3.68. The van der Waals surface area contributed by atoms with Gasteiger partial charge in [0.2, 0.25) is 11.6 Å². The zero-order chi connectivity index (χ0) is 59.1. The first-order valence-electron chi connectivity index (χ1n) is 27.8. The Bertz CT molecular complexity index is 2940. The molecule has 0 unspecified atom stereocenters. The van der Waals surface area contributed by atoms with Gasteiger partial charge in [0.1, 0.15) is 22.9 Å². The van der Waals surface area contributed by atoms with Gasteiger partial charge in [-0.05, 0) is 130 Å². The van der Waals surface area contributed by atoms with Crippen LogP contribution in [0.1, 0.15) is 140 Å². The molecule has 0 bridgehead atoms. The molecule has 12 aromatic rings. The Morgan fingerprint density at radius 3 is 0.885 bits per heavy atom. The second-order valence-corrected chi connectivity index (χ2v) is 16.0. The van der Waals surface area contributed by atoms with E-state index in [-0.39, 0.29) is 0 Å². The van der Waals surface area contributed by atoms with Gasteiger partial charge in [-0.1, -0.05) is 119 Å². The zero-order valence-electron chi connectivity index (χ0n) is 52.0. The van der Waals surface area contributed by atoms with Crippen molar-refractivity contribution in [1.29, 1.82) is 0 Å². The average molecular weight is 1060 g/mol. The summed E-state index contributed by atoms with van der Waals surface area (Å²) in [7, 11) is 4.06. The summed E-state index contributed by atoms with van der Waals surface area (Å²) in [4.78, 5) is 34.3. The number of rotatable bonds is 0. The molecule has 0 saturated carbocycles. The van der Waals surface area contributed by atoms with Crippen LogP contribution in [0.2, 0.25) is 0 Å². The molecular formula is C64H94N14. The lowest BCUT2D eigenvalue weighted by molar-refractivity contribution is 0.886. The number of benzene rings is 2. The topological polar surface area (TPSA) is 131 Å². The Morgan fingerprint density at radius 2 is 0.577 bits per heavy atom. The van der Waals surface area contributed by atoms with Crippen LogP contribution in [0.5, 0.6) is 0 Å². The van der Waals surface area contributed by atoms with Gasteiger partial charge in [-0.25, -0.2) is 39.9 Å². The van der Waals surface area contributed by atoms with Crippen LogP contribution < -0.4 is 0 Å². The van der Waals surface area contributed by atoms with Crippen LogP contribution in [0.3, 0.4) is 0 Å². The first-order chi connectivity index (χ1) is 37.7. The number of pyridine rings is 2. The number of hydrogen-bond donors (Lipinski definition) is 0. The van der Waals surface area contributed by atoms with E-state index in [0.717, 1.165) is 79.7 Å². The van der Waals surface area contributed by atoms with Crippen molar-refractivity contribution in [2.45, 2.75) is 152 Å². The molecular weight excluding hydrogens is 965 g/mol. The number of para-hydroxylation sites is 4. The van der Waals surface area contributed by atoms with Crippen LogP contribution in [0.15, 0.2) is 134 Å². The Morgan fingerprint density at radius 1 is 0.295 bits per heavy atom. The van der Waals surface area contributed by atoms with Crippen molar-refractivity contribution in [3.63, 3.8) is 0 Å². The van der Waals surface area contributed by atoms with E-state index < -0.39 is 0 Å². The average Bonchev–Trinajstić information content (AvgIpc) is 4.30. The van der Waals surface area contributed by atoms with Crippen LogP contribution in [-0.4, -0.2) is 66.6 Å². The molecule has 0 fully saturated rings. The second kappa shape index (κ2) is 36.1. The molecule has 0 aliphatic rings. The van der Waals surface area contributed by atoms with E-state index >= 15 is 0 Å². The van der Waals surface area contributed by atoms with Crippen LogP contribution in [0, 0.1) is 69.2 Å². The Balaban J connectivity index is 0.000000450. The molecule has 10 heterocycles. The van der Waals surface area contributed by atoms with Gasteiger partial charge in [0.05, 0.1) is 44.8 Å². The first-order valence-corrected chi connectivity index (χ1v) is 27.8. The molecule has 420 valence electrons. The number of aromatic nitrogens is 14. The standard InChI is InChI=1S/4C9H10N2.2C8H9N3.6C2H6/c2*1-7-10-8-5-3-4-6-9(8)11(7)2;2*1-7-8(2)11-6-4-3-5-9(11)10-7;2*1-6-7(2)11-5-3-4-9-8(11)10-6;6*1-2/h4*3-6H,1-2H3;2*3-5H,1-2H3;6*1-2H3. The Labute approximate surface area is 467 Å². The van der Waals surface area contributed by atoms with Crippen LogP contribution in [0.25, 0.3) is 44.9 Å². The molecule has 14 heteroatoms. The predicted octanol–water partition coefficient (Wildman–Crippen LogP) is 16.5. The summed E-state index contributed by atoms with van der Waals surface area (Å²) < 4.78 is 12.3. The van der Waals surface area contributed by atoms with E-state index in [0.29, 0.717) is 0 Å². The van der Waals surface area contributed by atoms with Crippen molar-refractivity contribution in [3.8, 4) is 0 Å². The normalized spacial score (nSPS) is 9.54. The van der Waals surface area contributed by atoms with Gasteiger partial charge in [-0.2, -0.15) is 0 Å². The maximum atomic E-state index is 4.38. The predicted molar refractivity (Wildman–Crippen MR) is 333 cm³/mol. The van der Waals surface area contributed by atoms with Crippen LogP contribution in [-0.2, 0) is 14.1 Å². The highest BCUT2D eigenvalue weighted by atomic mass is 15.1. The molecule has 10 aromatic heterocycles. The van der Waals surface area contributed by atoms with Crippen molar-refractivity contribution >= 4 is 44.9 Å². The minimum Gasteiger partial charge on any atom is -0.331 e. The molecule has 2 aromatic carbocycles. The number of nitrogens with zero attached hydrogens (tertiary/aromatic N) is 14. The van der Waals surface area contributed by atoms with E-state index in [2.05, 4.69) is 83.8 Å². The highest BCUT2D eigenvalue weighted by molar-refractivity contribution is 5.76. The molecule has 0 spiro atoms. The van der Waals surface area contributed by atoms with E-state index in [1.54, 1.807) is 12.4 Å². The second-order valence-electron chi connectivity index (χ2n) is 16.0. The van der Waals surface area contributed by atoms with Crippen molar-refractivity contribution in [3.05, 3.63) is 191 Å². The number of hydrogen-bond acceptors (Lipinski definition) is 8. The Hall–Kier alpha value is -8.00. The van der Waals surface area contributed by atoms with Gasteiger partial charge in [0.25, 0.3) is 0 Å². The molecule has 0 aliphatic carbocycles. The van der Waals surface area contributed by atoms with E-state index in [1.807, 2.05) is 271 Å². The largest absolute Gasteiger partial charge is 0.331 e. The van der Waals surface area contributed by atoms with Crippen molar-refractivity contribution in [2.75, 3.05) is 0 Å². The van der Waals surface area contributed by atoms with E-state index in [4.69, 9.17) is 0 Å².